The molecule has 0 aliphatic carbocycles. The zero-order chi connectivity index (χ0) is 13.4. The smallest absolute Gasteiger partial charge is 0.146 e. The number of rotatable bonds is 2. The molecule has 0 atom stereocenters. The summed E-state index contributed by atoms with van der Waals surface area (Å²) in [5, 5.41) is 12.7. The van der Waals surface area contributed by atoms with E-state index in [4.69, 9.17) is 9.94 Å². The van der Waals surface area contributed by atoms with Gasteiger partial charge in [-0.2, -0.15) is 0 Å². The van der Waals surface area contributed by atoms with E-state index in [0.717, 1.165) is 21.9 Å². The maximum absolute atomic E-state index is 8.66. The summed E-state index contributed by atoms with van der Waals surface area (Å²) >= 11 is 0. The van der Waals surface area contributed by atoms with Crippen molar-refractivity contribution >= 4 is 28.2 Å². The molecule has 1 aromatic carbocycles. The zero-order valence-corrected chi connectivity index (χ0v) is 10.7. The normalized spacial score (nSPS) is 11.7. The molecule has 0 saturated heterocycles. The Hall–Kier alpha value is -2.56. The van der Waals surface area contributed by atoms with Crippen LogP contribution in [0.3, 0.4) is 0 Å². The van der Waals surface area contributed by atoms with E-state index in [1.807, 2.05) is 31.3 Å². The Bertz CT molecular complexity index is 790. The number of para-hydroxylation sites is 1. The number of hydrogen-bond donors (Lipinski definition) is 1. The van der Waals surface area contributed by atoms with E-state index < -0.39 is 0 Å². The molecule has 19 heavy (non-hydrogen) atoms. The predicted octanol–water partition coefficient (Wildman–Crippen LogP) is 2.54. The highest BCUT2D eigenvalue weighted by molar-refractivity contribution is 6.08. The van der Waals surface area contributed by atoms with E-state index in [1.165, 1.54) is 6.21 Å². The van der Waals surface area contributed by atoms with Gasteiger partial charge in [0.25, 0.3) is 0 Å². The average molecular weight is 255 g/mol. The van der Waals surface area contributed by atoms with Gasteiger partial charge in [-0.3, -0.25) is 0 Å². The van der Waals surface area contributed by atoms with E-state index in [9.17, 15) is 0 Å². The number of methoxy groups -OCH3 is 1. The first-order valence-corrected chi connectivity index (χ1v) is 5.86. The van der Waals surface area contributed by atoms with Gasteiger partial charge in [-0.25, -0.2) is 4.98 Å². The van der Waals surface area contributed by atoms with Crippen LogP contribution >= 0.6 is 0 Å². The molecule has 3 rings (SSSR count). The molecule has 0 fully saturated rings. The van der Waals surface area contributed by atoms with Crippen LogP contribution in [-0.2, 0) is 7.05 Å². The van der Waals surface area contributed by atoms with Gasteiger partial charge < -0.3 is 14.5 Å². The monoisotopic (exact) mass is 255 g/mol. The number of fused-ring (bicyclic) bond motifs is 3. The molecular formula is C14H13N3O2. The van der Waals surface area contributed by atoms with E-state index >= 15 is 0 Å². The third-order valence-electron chi connectivity index (χ3n) is 3.24. The summed E-state index contributed by atoms with van der Waals surface area (Å²) in [4.78, 5) is 4.51. The molecular weight excluding hydrogens is 242 g/mol. The summed E-state index contributed by atoms with van der Waals surface area (Å²) < 4.78 is 7.47. The quantitative estimate of drug-likeness (QED) is 0.435. The topological polar surface area (TPSA) is 59.6 Å². The predicted molar refractivity (Wildman–Crippen MR) is 74.2 cm³/mol. The lowest BCUT2D eigenvalue weighted by atomic mass is 10.2. The molecule has 0 amide bonds. The van der Waals surface area contributed by atoms with Crippen LogP contribution in [0.2, 0.25) is 0 Å². The van der Waals surface area contributed by atoms with Crippen LogP contribution in [0, 0.1) is 0 Å². The molecule has 0 bridgehead atoms. The van der Waals surface area contributed by atoms with Gasteiger partial charge in [-0.1, -0.05) is 23.4 Å². The number of hydrogen-bond acceptors (Lipinski definition) is 4. The molecule has 0 aliphatic heterocycles. The highest BCUT2D eigenvalue weighted by atomic mass is 16.5. The van der Waals surface area contributed by atoms with Gasteiger partial charge in [0, 0.05) is 18.5 Å². The third-order valence-corrected chi connectivity index (χ3v) is 3.24. The summed E-state index contributed by atoms with van der Waals surface area (Å²) in [6.45, 7) is 0. The minimum atomic E-state index is 0.559. The number of benzene rings is 1. The van der Waals surface area contributed by atoms with Crippen molar-refractivity contribution in [2.75, 3.05) is 7.11 Å². The van der Waals surface area contributed by atoms with Crippen molar-refractivity contribution in [3.05, 3.63) is 36.0 Å². The van der Waals surface area contributed by atoms with Gasteiger partial charge in [0.15, 0.2) is 0 Å². The fourth-order valence-electron chi connectivity index (χ4n) is 2.41. The first-order valence-electron chi connectivity index (χ1n) is 5.86. The number of aromatic nitrogens is 2. The fraction of sp³-hybridized carbons (Fsp3) is 0.143. The van der Waals surface area contributed by atoms with Gasteiger partial charge in [0.1, 0.15) is 16.8 Å². The van der Waals surface area contributed by atoms with Crippen molar-refractivity contribution in [2.24, 2.45) is 12.2 Å². The summed E-state index contributed by atoms with van der Waals surface area (Å²) in [7, 11) is 3.60. The maximum atomic E-state index is 8.66. The minimum absolute atomic E-state index is 0.559. The molecule has 0 unspecified atom stereocenters. The molecule has 1 N–H and O–H groups in total. The van der Waals surface area contributed by atoms with Crippen molar-refractivity contribution in [3.8, 4) is 5.75 Å². The Morgan fingerprint density at radius 2 is 2.16 bits per heavy atom. The third kappa shape index (κ3) is 1.62. The second kappa shape index (κ2) is 4.28. The van der Waals surface area contributed by atoms with Crippen LogP contribution in [0.15, 0.2) is 35.5 Å². The van der Waals surface area contributed by atoms with Crippen LogP contribution in [0.5, 0.6) is 5.75 Å². The Morgan fingerprint density at radius 1 is 1.37 bits per heavy atom. The number of nitrogens with zero attached hydrogens (tertiary/aromatic N) is 3. The number of aryl methyl sites for hydroxylation is 1. The van der Waals surface area contributed by atoms with Crippen LogP contribution < -0.4 is 4.74 Å². The van der Waals surface area contributed by atoms with E-state index in [2.05, 4.69) is 14.7 Å². The van der Waals surface area contributed by atoms with Crippen molar-refractivity contribution in [1.29, 1.82) is 0 Å². The van der Waals surface area contributed by atoms with Gasteiger partial charge in [-0.05, 0) is 6.07 Å². The largest absolute Gasteiger partial charge is 0.494 e. The maximum Gasteiger partial charge on any atom is 0.146 e. The fourth-order valence-corrected chi connectivity index (χ4v) is 2.41. The summed E-state index contributed by atoms with van der Waals surface area (Å²) in [6, 6.07) is 9.77. The lowest BCUT2D eigenvalue weighted by Crippen LogP contribution is -1.95. The summed E-state index contributed by atoms with van der Waals surface area (Å²) in [6.07, 6.45) is 1.30. The van der Waals surface area contributed by atoms with Crippen molar-refractivity contribution in [3.63, 3.8) is 0 Å². The standard InChI is InChI=1S/C14H13N3O2/c1-17-11-6-4-3-5-10(11)13-14(17)12(19-2)7-9(16-13)8-15-18/h3-8,18H,1-2H3/b15-8+. The molecule has 0 spiro atoms. The lowest BCUT2D eigenvalue weighted by molar-refractivity contribution is 0.321. The van der Waals surface area contributed by atoms with Crippen LogP contribution in [0.1, 0.15) is 5.69 Å². The highest BCUT2D eigenvalue weighted by Gasteiger charge is 2.14. The molecule has 5 heteroatoms. The number of ether oxygens (including phenoxy) is 1. The second-order valence-corrected chi connectivity index (χ2v) is 4.27. The molecule has 0 radical (unpaired) electrons. The zero-order valence-electron chi connectivity index (χ0n) is 10.7. The van der Waals surface area contributed by atoms with Gasteiger partial charge >= 0.3 is 0 Å². The molecule has 0 saturated carbocycles. The van der Waals surface area contributed by atoms with Crippen molar-refractivity contribution < 1.29 is 9.94 Å². The van der Waals surface area contributed by atoms with E-state index in [1.54, 1.807) is 13.2 Å². The molecule has 0 aliphatic rings. The lowest BCUT2D eigenvalue weighted by Gasteiger charge is -2.05. The average Bonchev–Trinajstić information content (AvgIpc) is 2.73. The summed E-state index contributed by atoms with van der Waals surface area (Å²) in [5.74, 6) is 0.707. The van der Waals surface area contributed by atoms with Crippen LogP contribution in [0.25, 0.3) is 21.9 Å². The molecule has 3 aromatic rings. The van der Waals surface area contributed by atoms with E-state index in [-0.39, 0.29) is 0 Å². The van der Waals surface area contributed by atoms with Crippen molar-refractivity contribution in [1.82, 2.24) is 9.55 Å². The van der Waals surface area contributed by atoms with Crippen LogP contribution in [-0.4, -0.2) is 28.1 Å². The Morgan fingerprint density at radius 3 is 2.89 bits per heavy atom. The SMILES string of the molecule is COc1cc(/C=N/O)nc2c3ccccc3n(C)c12. The van der Waals surface area contributed by atoms with E-state index in [0.29, 0.717) is 11.4 Å². The Kier molecular flexibility index (Phi) is 2.59. The Labute approximate surface area is 109 Å². The Balaban J connectivity index is 2.51. The van der Waals surface area contributed by atoms with Gasteiger partial charge in [0.05, 0.1) is 24.5 Å². The first kappa shape index (κ1) is 11.5. The minimum Gasteiger partial charge on any atom is -0.494 e. The number of pyridine rings is 1. The molecule has 2 aromatic heterocycles. The highest BCUT2D eigenvalue weighted by Crippen LogP contribution is 2.32. The summed E-state index contributed by atoms with van der Waals surface area (Å²) in [5.41, 5.74) is 3.41. The molecule has 96 valence electrons. The van der Waals surface area contributed by atoms with Crippen molar-refractivity contribution in [2.45, 2.75) is 0 Å². The van der Waals surface area contributed by atoms with Crippen LogP contribution in [0.4, 0.5) is 0 Å². The van der Waals surface area contributed by atoms with Gasteiger partial charge in [-0.15, -0.1) is 0 Å². The second-order valence-electron chi connectivity index (χ2n) is 4.27. The number of oxime groups is 1. The first-order chi connectivity index (χ1) is 9.26. The molecule has 2 heterocycles. The van der Waals surface area contributed by atoms with Gasteiger partial charge in [0.2, 0.25) is 0 Å². The molecule has 5 nitrogen and oxygen atoms in total.